The molecule has 0 bridgehead atoms. The zero-order chi connectivity index (χ0) is 7.56. The Balaban J connectivity index is 2.99. The third-order valence-corrected chi connectivity index (χ3v) is 2.17. The smallest absolute Gasteiger partial charge is 0.301 e. The van der Waals surface area contributed by atoms with Gasteiger partial charge in [0.25, 0.3) is 0 Å². The summed E-state index contributed by atoms with van der Waals surface area (Å²) in [5, 5.41) is 1.73. The van der Waals surface area contributed by atoms with Crippen LogP contribution in [0.5, 0.6) is 0 Å². The Morgan fingerprint density at radius 3 is 2.90 bits per heavy atom. The maximum atomic E-state index is 11.8. The molecule has 0 N–H and O–H groups in total. The van der Waals surface area contributed by atoms with Gasteiger partial charge in [-0.05, 0) is 6.92 Å². The van der Waals surface area contributed by atoms with Crippen molar-refractivity contribution in [1.82, 2.24) is 4.57 Å². The molecule has 0 aliphatic carbocycles. The first-order valence-electron chi connectivity index (χ1n) is 2.96. The Morgan fingerprint density at radius 2 is 2.50 bits per heavy atom. The van der Waals surface area contributed by atoms with E-state index in [4.69, 9.17) is 0 Å². The minimum atomic E-state index is -0.475. The van der Waals surface area contributed by atoms with Crippen molar-refractivity contribution >= 4 is 11.3 Å². The fourth-order valence-electron chi connectivity index (χ4n) is 0.759. The minimum absolute atomic E-state index is 0.0739. The summed E-state index contributed by atoms with van der Waals surface area (Å²) in [5.41, 5.74) is 0.840. The molecule has 1 heterocycles. The van der Waals surface area contributed by atoms with Crippen LogP contribution in [0.15, 0.2) is 10.2 Å². The monoisotopic (exact) mass is 161 g/mol. The van der Waals surface area contributed by atoms with Gasteiger partial charge in [0.05, 0.1) is 6.54 Å². The molecule has 0 aliphatic rings. The van der Waals surface area contributed by atoms with E-state index >= 15 is 0 Å². The van der Waals surface area contributed by atoms with Crippen LogP contribution in [0.1, 0.15) is 5.69 Å². The fourth-order valence-corrected chi connectivity index (χ4v) is 1.52. The van der Waals surface area contributed by atoms with Crippen LogP contribution in [-0.2, 0) is 6.54 Å². The van der Waals surface area contributed by atoms with Gasteiger partial charge in [-0.1, -0.05) is 11.3 Å². The molecule has 1 rings (SSSR count). The summed E-state index contributed by atoms with van der Waals surface area (Å²) in [6.07, 6.45) is 0. The Morgan fingerprint density at radius 1 is 1.80 bits per heavy atom. The van der Waals surface area contributed by atoms with E-state index in [1.54, 1.807) is 12.3 Å². The standard InChI is InChI=1S/C6H8FNOS/c1-5-4-10-6(9)8(5)3-2-7/h4H,2-3H2,1H3. The van der Waals surface area contributed by atoms with Crippen LogP contribution in [0.4, 0.5) is 4.39 Å². The molecule has 2 nitrogen and oxygen atoms in total. The number of aromatic nitrogens is 1. The summed E-state index contributed by atoms with van der Waals surface area (Å²) in [4.78, 5) is 10.8. The van der Waals surface area contributed by atoms with Crippen molar-refractivity contribution in [2.24, 2.45) is 0 Å². The third kappa shape index (κ3) is 1.26. The molecule has 0 radical (unpaired) electrons. The number of halogens is 1. The van der Waals surface area contributed by atoms with Gasteiger partial charge in [-0.15, -0.1) is 0 Å². The van der Waals surface area contributed by atoms with Gasteiger partial charge < -0.3 is 4.57 Å². The van der Waals surface area contributed by atoms with Crippen molar-refractivity contribution in [3.8, 4) is 0 Å². The van der Waals surface area contributed by atoms with E-state index in [1.165, 1.54) is 4.57 Å². The Labute approximate surface area is 61.9 Å². The second kappa shape index (κ2) is 2.96. The molecular weight excluding hydrogens is 153 g/mol. The van der Waals surface area contributed by atoms with E-state index in [0.29, 0.717) is 0 Å². The van der Waals surface area contributed by atoms with E-state index in [9.17, 15) is 9.18 Å². The molecule has 0 atom stereocenters. The Kier molecular flexibility index (Phi) is 2.21. The Hall–Kier alpha value is -0.640. The van der Waals surface area contributed by atoms with Gasteiger partial charge in [-0.3, -0.25) is 4.79 Å². The van der Waals surface area contributed by atoms with Gasteiger partial charge in [-0.25, -0.2) is 4.39 Å². The maximum Gasteiger partial charge on any atom is 0.307 e. The molecule has 0 fully saturated rings. The zero-order valence-corrected chi connectivity index (χ0v) is 6.45. The molecule has 0 spiro atoms. The van der Waals surface area contributed by atoms with Crippen LogP contribution in [0.3, 0.4) is 0 Å². The number of aryl methyl sites for hydroxylation is 1. The number of hydrogen-bond acceptors (Lipinski definition) is 2. The second-order valence-electron chi connectivity index (χ2n) is 1.98. The highest BCUT2D eigenvalue weighted by Crippen LogP contribution is 1.98. The van der Waals surface area contributed by atoms with E-state index in [2.05, 4.69) is 0 Å². The molecule has 0 saturated heterocycles. The highest BCUT2D eigenvalue weighted by molar-refractivity contribution is 7.07. The number of rotatable bonds is 2. The molecular formula is C6H8FNOS. The van der Waals surface area contributed by atoms with E-state index in [1.807, 2.05) is 0 Å². The van der Waals surface area contributed by atoms with Gasteiger partial charge in [0.1, 0.15) is 6.67 Å². The first kappa shape index (κ1) is 7.47. The molecule has 0 aromatic carbocycles. The summed E-state index contributed by atoms with van der Waals surface area (Å²) in [6.45, 7) is 1.51. The summed E-state index contributed by atoms with van der Waals surface area (Å²) in [5.74, 6) is 0. The van der Waals surface area contributed by atoms with Gasteiger partial charge in [-0.2, -0.15) is 0 Å². The topological polar surface area (TPSA) is 22.0 Å². The molecule has 0 amide bonds. The number of thiazole rings is 1. The predicted octanol–water partition coefficient (Wildman–Crippen LogP) is 1.19. The summed E-state index contributed by atoms with van der Waals surface area (Å²) < 4.78 is 13.2. The minimum Gasteiger partial charge on any atom is -0.301 e. The van der Waals surface area contributed by atoms with Crippen LogP contribution in [0.2, 0.25) is 0 Å². The average molecular weight is 161 g/mol. The molecule has 1 aromatic heterocycles. The SMILES string of the molecule is Cc1csc(=O)n1CCF. The second-order valence-corrected chi connectivity index (χ2v) is 2.80. The average Bonchev–Trinajstić information content (AvgIpc) is 2.20. The van der Waals surface area contributed by atoms with Crippen LogP contribution in [0.25, 0.3) is 0 Å². The molecule has 0 saturated carbocycles. The lowest BCUT2D eigenvalue weighted by molar-refractivity contribution is 0.440. The van der Waals surface area contributed by atoms with Crippen LogP contribution >= 0.6 is 11.3 Å². The van der Waals surface area contributed by atoms with Crippen molar-refractivity contribution in [3.05, 3.63) is 20.7 Å². The van der Waals surface area contributed by atoms with Crippen molar-refractivity contribution in [1.29, 1.82) is 0 Å². The van der Waals surface area contributed by atoms with Crippen LogP contribution in [0, 0.1) is 6.92 Å². The van der Waals surface area contributed by atoms with E-state index in [-0.39, 0.29) is 11.4 Å². The highest BCUT2D eigenvalue weighted by Gasteiger charge is 1.99. The third-order valence-electron chi connectivity index (χ3n) is 1.28. The molecule has 0 aliphatic heterocycles. The lowest BCUT2D eigenvalue weighted by Gasteiger charge is -1.97. The van der Waals surface area contributed by atoms with Crippen molar-refractivity contribution < 1.29 is 4.39 Å². The summed E-state index contributed by atoms with van der Waals surface area (Å²) >= 11 is 1.11. The van der Waals surface area contributed by atoms with Crippen LogP contribution < -0.4 is 4.87 Å². The van der Waals surface area contributed by atoms with Crippen molar-refractivity contribution in [2.45, 2.75) is 13.5 Å². The normalized spacial score (nSPS) is 10.2. The van der Waals surface area contributed by atoms with Crippen LogP contribution in [-0.4, -0.2) is 11.2 Å². The Bertz CT molecular complexity index is 265. The van der Waals surface area contributed by atoms with Gasteiger partial charge in [0.15, 0.2) is 0 Å². The van der Waals surface area contributed by atoms with Crippen molar-refractivity contribution in [3.63, 3.8) is 0 Å². The molecule has 56 valence electrons. The van der Waals surface area contributed by atoms with E-state index in [0.717, 1.165) is 17.0 Å². The van der Waals surface area contributed by atoms with Gasteiger partial charge >= 0.3 is 4.87 Å². The molecule has 0 unspecified atom stereocenters. The summed E-state index contributed by atoms with van der Waals surface area (Å²) in [6, 6.07) is 0. The molecule has 10 heavy (non-hydrogen) atoms. The van der Waals surface area contributed by atoms with Gasteiger partial charge in [0, 0.05) is 11.1 Å². The maximum absolute atomic E-state index is 11.8. The number of hydrogen-bond donors (Lipinski definition) is 0. The zero-order valence-electron chi connectivity index (χ0n) is 5.63. The predicted molar refractivity (Wildman–Crippen MR) is 39.3 cm³/mol. The molecule has 4 heteroatoms. The first-order chi connectivity index (χ1) is 4.75. The fraction of sp³-hybridized carbons (Fsp3) is 0.500. The lowest BCUT2D eigenvalue weighted by atomic mass is 10.5. The number of nitrogens with zero attached hydrogens (tertiary/aromatic N) is 1. The summed E-state index contributed by atoms with van der Waals surface area (Å²) in [7, 11) is 0. The molecule has 1 aromatic rings. The number of alkyl halides is 1. The van der Waals surface area contributed by atoms with E-state index < -0.39 is 6.67 Å². The highest BCUT2D eigenvalue weighted by atomic mass is 32.1. The largest absolute Gasteiger partial charge is 0.307 e. The quantitative estimate of drug-likeness (QED) is 0.638. The first-order valence-corrected chi connectivity index (χ1v) is 3.84. The lowest BCUT2D eigenvalue weighted by Crippen LogP contribution is -2.15. The van der Waals surface area contributed by atoms with Gasteiger partial charge in [0.2, 0.25) is 0 Å². The van der Waals surface area contributed by atoms with Crippen molar-refractivity contribution in [2.75, 3.05) is 6.67 Å².